The second kappa shape index (κ2) is 10.6. The van der Waals surface area contributed by atoms with Crippen molar-refractivity contribution in [3.8, 4) is 17.2 Å². The molecule has 1 fully saturated rings. The molecule has 0 radical (unpaired) electrons. The number of hydrogen-bond donors (Lipinski definition) is 1. The number of methoxy groups -OCH3 is 3. The van der Waals surface area contributed by atoms with Crippen LogP contribution in [-0.4, -0.2) is 43.0 Å². The number of nitrogens with zero attached hydrogens (tertiary/aromatic N) is 1. The number of rotatable bonds is 7. The number of aliphatic hydroxyl groups excluding tert-OH is 1. The molecule has 7 nitrogen and oxygen atoms in total. The van der Waals surface area contributed by atoms with Crippen molar-refractivity contribution in [2.75, 3.05) is 21.3 Å². The highest BCUT2D eigenvalue weighted by Gasteiger charge is 2.46. The van der Waals surface area contributed by atoms with Crippen molar-refractivity contribution < 1.29 is 28.9 Å². The van der Waals surface area contributed by atoms with Gasteiger partial charge in [0.1, 0.15) is 11.5 Å². The highest BCUT2D eigenvalue weighted by Crippen LogP contribution is 2.42. The highest BCUT2D eigenvalue weighted by atomic mass is 16.5. The first-order valence-corrected chi connectivity index (χ1v) is 12.3. The Morgan fingerprint density at radius 1 is 0.842 bits per heavy atom. The number of para-hydroxylation sites is 1. The smallest absolute Gasteiger partial charge is 0.295 e. The van der Waals surface area contributed by atoms with E-state index in [1.54, 1.807) is 25.3 Å². The van der Waals surface area contributed by atoms with Gasteiger partial charge in [0.15, 0.2) is 11.5 Å². The van der Waals surface area contributed by atoms with Gasteiger partial charge in [-0.2, -0.15) is 0 Å². The maximum Gasteiger partial charge on any atom is 0.295 e. The molecule has 3 aromatic rings. The average Bonchev–Trinajstić information content (AvgIpc) is 3.17. The van der Waals surface area contributed by atoms with Gasteiger partial charge in [-0.1, -0.05) is 63.2 Å². The third-order valence-corrected chi connectivity index (χ3v) is 6.82. The maximum atomic E-state index is 13.5. The van der Waals surface area contributed by atoms with Crippen molar-refractivity contribution in [3.63, 3.8) is 0 Å². The van der Waals surface area contributed by atoms with Gasteiger partial charge in [0.05, 0.1) is 39.5 Å². The van der Waals surface area contributed by atoms with Crippen LogP contribution in [0.5, 0.6) is 17.2 Å². The fourth-order valence-corrected chi connectivity index (χ4v) is 4.71. The summed E-state index contributed by atoms with van der Waals surface area (Å²) in [5.74, 6) is -0.242. The first-order chi connectivity index (χ1) is 18.1. The molecule has 3 aromatic carbocycles. The highest BCUT2D eigenvalue weighted by molar-refractivity contribution is 6.46. The van der Waals surface area contributed by atoms with E-state index in [1.807, 2.05) is 48.5 Å². The molecule has 1 N–H and O–H groups in total. The number of ketones is 1. The van der Waals surface area contributed by atoms with Crippen LogP contribution in [0.15, 0.2) is 72.3 Å². The van der Waals surface area contributed by atoms with Gasteiger partial charge in [-0.25, -0.2) is 0 Å². The monoisotopic (exact) mass is 515 g/mol. The summed E-state index contributed by atoms with van der Waals surface area (Å²) < 4.78 is 16.2. The Morgan fingerprint density at radius 2 is 1.47 bits per heavy atom. The lowest BCUT2D eigenvalue weighted by molar-refractivity contribution is -0.140. The molecule has 1 unspecified atom stereocenters. The molecule has 0 bridgehead atoms. The second-order valence-corrected chi connectivity index (χ2v) is 10.2. The minimum atomic E-state index is -0.804. The zero-order valence-corrected chi connectivity index (χ0v) is 22.6. The fraction of sp³-hybridized carbons (Fsp3) is 0.290. The molecule has 1 aliphatic rings. The van der Waals surface area contributed by atoms with Gasteiger partial charge in [-0.05, 0) is 40.8 Å². The lowest BCUT2D eigenvalue weighted by Crippen LogP contribution is -2.29. The number of ether oxygens (including phenoxy) is 3. The van der Waals surface area contributed by atoms with Crippen LogP contribution in [0.25, 0.3) is 5.76 Å². The summed E-state index contributed by atoms with van der Waals surface area (Å²) in [6.45, 7) is 6.48. The van der Waals surface area contributed by atoms with Gasteiger partial charge < -0.3 is 24.2 Å². The molecule has 7 heteroatoms. The van der Waals surface area contributed by atoms with E-state index in [2.05, 4.69) is 20.8 Å². The fourth-order valence-electron chi connectivity index (χ4n) is 4.71. The number of likely N-dealkylation sites (tertiary alicyclic amines) is 1. The maximum absolute atomic E-state index is 13.5. The van der Waals surface area contributed by atoms with Crippen LogP contribution >= 0.6 is 0 Å². The molecule has 0 saturated carbocycles. The third-order valence-electron chi connectivity index (χ3n) is 6.82. The summed E-state index contributed by atoms with van der Waals surface area (Å²) in [4.78, 5) is 28.4. The first kappa shape index (κ1) is 26.8. The van der Waals surface area contributed by atoms with Crippen LogP contribution in [-0.2, 0) is 21.5 Å². The van der Waals surface area contributed by atoms with Crippen molar-refractivity contribution in [1.82, 2.24) is 4.90 Å². The zero-order chi connectivity index (χ0) is 27.6. The van der Waals surface area contributed by atoms with E-state index >= 15 is 0 Å². The minimum Gasteiger partial charge on any atom is -0.507 e. The van der Waals surface area contributed by atoms with E-state index in [0.717, 1.165) is 11.1 Å². The molecule has 0 aromatic heterocycles. The molecule has 0 spiro atoms. The zero-order valence-electron chi connectivity index (χ0n) is 22.6. The second-order valence-electron chi connectivity index (χ2n) is 10.2. The molecule has 1 aliphatic heterocycles. The summed E-state index contributed by atoms with van der Waals surface area (Å²) >= 11 is 0. The first-order valence-electron chi connectivity index (χ1n) is 12.3. The predicted octanol–water partition coefficient (Wildman–Crippen LogP) is 5.63. The van der Waals surface area contributed by atoms with Crippen molar-refractivity contribution in [3.05, 3.63) is 94.6 Å². The topological polar surface area (TPSA) is 85.3 Å². The number of carbonyl (C=O) groups is 2. The Bertz CT molecular complexity index is 1380. The number of benzene rings is 3. The number of aliphatic hydroxyl groups is 1. The van der Waals surface area contributed by atoms with Gasteiger partial charge in [0.2, 0.25) is 0 Å². The van der Waals surface area contributed by atoms with Gasteiger partial charge >= 0.3 is 0 Å². The van der Waals surface area contributed by atoms with E-state index in [1.165, 1.54) is 19.1 Å². The lowest BCUT2D eigenvalue weighted by atomic mass is 9.85. The molecular formula is C31H33NO6. The standard InChI is InChI=1S/C31H33NO6/c1-31(2,3)22-14-11-19(12-15-22)27-26(28(33)20-13-16-24(37-5)25(17-20)38-6)29(34)30(35)32(27)18-21-9-7-8-10-23(21)36-4/h7-17,27,33H,18H2,1-6H3/b28-26-. The Hall–Kier alpha value is -4.26. The average molecular weight is 516 g/mol. The number of amides is 1. The van der Waals surface area contributed by atoms with Crippen molar-refractivity contribution >= 4 is 17.4 Å². The van der Waals surface area contributed by atoms with Gasteiger partial charge in [-0.3, -0.25) is 9.59 Å². The summed E-state index contributed by atoms with van der Waals surface area (Å²) in [6, 6.07) is 19.2. The van der Waals surface area contributed by atoms with E-state index in [-0.39, 0.29) is 23.3 Å². The lowest BCUT2D eigenvalue weighted by Gasteiger charge is -2.27. The van der Waals surface area contributed by atoms with Crippen LogP contribution in [0.2, 0.25) is 0 Å². The van der Waals surface area contributed by atoms with Crippen LogP contribution in [0.1, 0.15) is 49.1 Å². The summed E-state index contributed by atoms with van der Waals surface area (Å²) in [5, 5.41) is 11.5. The Kier molecular flexibility index (Phi) is 7.49. The minimum absolute atomic E-state index is 0.0145. The summed E-state index contributed by atoms with van der Waals surface area (Å²) in [7, 11) is 4.57. The molecular weight excluding hydrogens is 482 g/mol. The third kappa shape index (κ3) is 4.96. The van der Waals surface area contributed by atoms with Crippen molar-refractivity contribution in [1.29, 1.82) is 0 Å². The van der Waals surface area contributed by atoms with Gasteiger partial charge in [0, 0.05) is 11.1 Å². The molecule has 1 atom stereocenters. The van der Waals surface area contributed by atoms with E-state index in [9.17, 15) is 14.7 Å². The molecule has 4 rings (SSSR count). The van der Waals surface area contributed by atoms with E-state index < -0.39 is 17.7 Å². The van der Waals surface area contributed by atoms with Crippen molar-refractivity contribution in [2.24, 2.45) is 0 Å². The molecule has 1 saturated heterocycles. The predicted molar refractivity (Wildman–Crippen MR) is 146 cm³/mol. The summed E-state index contributed by atoms with van der Waals surface area (Å²) in [5.41, 5.74) is 2.86. The Morgan fingerprint density at radius 3 is 2.08 bits per heavy atom. The molecule has 38 heavy (non-hydrogen) atoms. The Labute approximate surface area is 223 Å². The Balaban J connectivity index is 1.89. The number of carbonyl (C=O) groups excluding carboxylic acids is 2. The van der Waals surface area contributed by atoms with Crippen LogP contribution in [0.4, 0.5) is 0 Å². The van der Waals surface area contributed by atoms with Crippen LogP contribution in [0, 0.1) is 0 Å². The largest absolute Gasteiger partial charge is 0.507 e. The number of hydrogen-bond acceptors (Lipinski definition) is 6. The van der Waals surface area contributed by atoms with E-state index in [4.69, 9.17) is 14.2 Å². The molecule has 0 aliphatic carbocycles. The molecule has 1 amide bonds. The molecule has 1 heterocycles. The van der Waals surface area contributed by atoms with Crippen LogP contribution < -0.4 is 14.2 Å². The normalized spacial score (nSPS) is 17.0. The van der Waals surface area contributed by atoms with Gasteiger partial charge in [-0.15, -0.1) is 0 Å². The number of Topliss-reactive ketones (excluding diaryl/α,β-unsaturated/α-hetero) is 1. The van der Waals surface area contributed by atoms with Crippen molar-refractivity contribution in [2.45, 2.75) is 38.8 Å². The SMILES string of the molecule is COc1ccccc1CN1C(=O)C(=O)/C(=C(\O)c2ccc(OC)c(OC)c2)C1c1ccc(C(C)(C)C)cc1. The molecule has 198 valence electrons. The quantitative estimate of drug-likeness (QED) is 0.249. The van der Waals surface area contributed by atoms with E-state index in [0.29, 0.717) is 28.4 Å². The van der Waals surface area contributed by atoms with Crippen LogP contribution in [0.3, 0.4) is 0 Å². The van der Waals surface area contributed by atoms with Gasteiger partial charge in [0.25, 0.3) is 11.7 Å². The summed E-state index contributed by atoms with van der Waals surface area (Å²) in [6.07, 6.45) is 0.